The first-order valence-electron chi connectivity index (χ1n) is 6.34. The zero-order valence-corrected chi connectivity index (χ0v) is 14.4. The second-order valence-electron chi connectivity index (χ2n) is 4.66. The maximum Gasteiger partial charge on any atom is 0.178 e. The lowest BCUT2D eigenvalue weighted by molar-refractivity contribution is 0.0899. The predicted molar refractivity (Wildman–Crippen MR) is 83.6 cm³/mol. The molecular formula is C13H17Br2NOS. The van der Waals surface area contributed by atoms with Crippen LogP contribution in [0.3, 0.4) is 0 Å². The number of rotatable bonds is 5. The Hall–Kier alpha value is 0.290. The summed E-state index contributed by atoms with van der Waals surface area (Å²) >= 11 is 8.44. The molecule has 1 fully saturated rings. The van der Waals surface area contributed by atoms with Crippen LogP contribution in [0.5, 0.6) is 0 Å². The van der Waals surface area contributed by atoms with E-state index in [1.54, 1.807) is 11.3 Å². The molecule has 0 spiro atoms. The normalized spacial score (nSPS) is 16.7. The molecule has 0 aliphatic heterocycles. The molecule has 0 N–H and O–H groups in total. The summed E-state index contributed by atoms with van der Waals surface area (Å²) in [6, 6.07) is 2.53. The van der Waals surface area contributed by atoms with Gasteiger partial charge in [-0.15, -0.1) is 11.3 Å². The van der Waals surface area contributed by atoms with Gasteiger partial charge in [0.15, 0.2) is 5.78 Å². The van der Waals surface area contributed by atoms with Crippen LogP contribution in [0.2, 0.25) is 0 Å². The highest BCUT2D eigenvalue weighted by Gasteiger charge is 2.24. The van der Waals surface area contributed by atoms with Crippen molar-refractivity contribution in [1.29, 1.82) is 0 Å². The minimum absolute atomic E-state index is 0.220. The number of carbonyl (C=O) groups is 1. The Bertz CT molecular complexity index is 427. The van der Waals surface area contributed by atoms with Crippen LogP contribution in [0.1, 0.15) is 43.0 Å². The lowest BCUT2D eigenvalue weighted by Gasteiger charge is -2.26. The van der Waals surface area contributed by atoms with Crippen molar-refractivity contribution in [3.63, 3.8) is 0 Å². The van der Waals surface area contributed by atoms with E-state index in [1.807, 2.05) is 6.07 Å². The van der Waals surface area contributed by atoms with Crippen LogP contribution in [0.25, 0.3) is 0 Å². The second-order valence-corrected chi connectivity index (χ2v) is 8.41. The van der Waals surface area contributed by atoms with Crippen molar-refractivity contribution in [3.05, 3.63) is 19.2 Å². The molecule has 1 aliphatic carbocycles. The Kier molecular flexibility index (Phi) is 5.42. The van der Waals surface area contributed by atoms with E-state index >= 15 is 0 Å². The first kappa shape index (κ1) is 14.7. The molecule has 1 heterocycles. The van der Waals surface area contributed by atoms with Crippen molar-refractivity contribution < 1.29 is 4.79 Å². The van der Waals surface area contributed by atoms with E-state index in [0.717, 1.165) is 19.7 Å². The van der Waals surface area contributed by atoms with Gasteiger partial charge in [-0.2, -0.15) is 0 Å². The molecule has 0 unspecified atom stereocenters. The van der Waals surface area contributed by atoms with E-state index in [-0.39, 0.29) is 5.78 Å². The Balaban J connectivity index is 2.03. The molecule has 0 aromatic carbocycles. The van der Waals surface area contributed by atoms with Crippen molar-refractivity contribution in [2.24, 2.45) is 0 Å². The van der Waals surface area contributed by atoms with Gasteiger partial charge in [0.1, 0.15) is 0 Å². The van der Waals surface area contributed by atoms with E-state index in [9.17, 15) is 4.79 Å². The first-order chi connectivity index (χ1) is 8.61. The lowest BCUT2D eigenvalue weighted by atomic mass is 10.1. The summed E-state index contributed by atoms with van der Waals surface area (Å²) in [4.78, 5) is 14.6. The summed E-state index contributed by atoms with van der Waals surface area (Å²) < 4.78 is 1.93. The number of carbonyl (C=O) groups excluding carboxylic acids is 1. The average Bonchev–Trinajstić information content (AvgIpc) is 2.95. The van der Waals surface area contributed by atoms with Gasteiger partial charge < -0.3 is 0 Å². The highest BCUT2D eigenvalue weighted by atomic mass is 79.9. The number of halogens is 2. The molecule has 0 bridgehead atoms. The monoisotopic (exact) mass is 393 g/mol. The minimum atomic E-state index is 0.220. The zero-order chi connectivity index (χ0) is 13.1. The van der Waals surface area contributed by atoms with E-state index < -0.39 is 0 Å². The van der Waals surface area contributed by atoms with Gasteiger partial charge in [0, 0.05) is 11.6 Å². The van der Waals surface area contributed by atoms with Gasteiger partial charge in [0.05, 0.1) is 14.1 Å². The molecule has 5 heteroatoms. The van der Waals surface area contributed by atoms with Gasteiger partial charge in [-0.25, -0.2) is 0 Å². The molecule has 18 heavy (non-hydrogen) atoms. The quantitative estimate of drug-likeness (QED) is 0.673. The molecule has 2 nitrogen and oxygen atoms in total. The Morgan fingerprint density at radius 2 is 2.11 bits per heavy atom. The van der Waals surface area contributed by atoms with Gasteiger partial charge in [-0.05, 0) is 57.3 Å². The number of hydrogen-bond acceptors (Lipinski definition) is 3. The average molecular weight is 395 g/mol. The SMILES string of the molecule is CCN(CC(=O)c1cc(Br)sc1Br)C1CCCC1. The van der Waals surface area contributed by atoms with Crippen LogP contribution in [0, 0.1) is 0 Å². The number of Topliss-reactive ketones (excluding diaryl/α,β-unsaturated/α-hetero) is 1. The van der Waals surface area contributed by atoms with E-state index in [2.05, 4.69) is 43.7 Å². The zero-order valence-electron chi connectivity index (χ0n) is 10.4. The Labute approximate surface area is 129 Å². The predicted octanol–water partition coefficient (Wildman–Crippen LogP) is 4.72. The number of thiophene rings is 1. The van der Waals surface area contributed by atoms with Crippen molar-refractivity contribution >= 4 is 49.0 Å². The fourth-order valence-electron chi connectivity index (χ4n) is 2.57. The van der Waals surface area contributed by atoms with Crippen LogP contribution >= 0.6 is 43.2 Å². The lowest BCUT2D eigenvalue weighted by Crippen LogP contribution is -2.37. The van der Waals surface area contributed by atoms with Crippen LogP contribution in [0.4, 0.5) is 0 Å². The Morgan fingerprint density at radius 1 is 1.44 bits per heavy atom. The minimum Gasteiger partial charge on any atom is -0.293 e. The molecule has 2 rings (SSSR count). The fourth-order valence-corrected chi connectivity index (χ4v) is 5.42. The number of ketones is 1. The van der Waals surface area contributed by atoms with Gasteiger partial charge in [0.2, 0.25) is 0 Å². The van der Waals surface area contributed by atoms with Crippen molar-refractivity contribution in [2.75, 3.05) is 13.1 Å². The topological polar surface area (TPSA) is 20.3 Å². The highest BCUT2D eigenvalue weighted by molar-refractivity contribution is 9.12. The molecule has 0 atom stereocenters. The maximum absolute atomic E-state index is 12.3. The molecule has 1 aromatic rings. The number of likely N-dealkylation sites (N-methyl/N-ethyl adjacent to an activating group) is 1. The highest BCUT2D eigenvalue weighted by Crippen LogP contribution is 2.32. The summed E-state index contributed by atoms with van der Waals surface area (Å²) in [5, 5.41) is 0. The summed E-state index contributed by atoms with van der Waals surface area (Å²) in [5.41, 5.74) is 0.809. The van der Waals surface area contributed by atoms with Gasteiger partial charge >= 0.3 is 0 Å². The molecular weight excluding hydrogens is 378 g/mol. The number of hydrogen-bond donors (Lipinski definition) is 0. The van der Waals surface area contributed by atoms with E-state index in [4.69, 9.17) is 0 Å². The Morgan fingerprint density at radius 3 is 2.61 bits per heavy atom. The smallest absolute Gasteiger partial charge is 0.178 e. The molecule has 0 saturated heterocycles. The van der Waals surface area contributed by atoms with Crippen LogP contribution < -0.4 is 0 Å². The molecule has 1 aromatic heterocycles. The standard InChI is InChI=1S/C13H17Br2NOS/c1-2-16(9-5-3-4-6-9)8-11(17)10-7-12(14)18-13(10)15/h7,9H,2-6,8H2,1H3. The molecule has 0 radical (unpaired) electrons. The third kappa shape index (κ3) is 3.44. The fraction of sp³-hybridized carbons (Fsp3) is 0.615. The maximum atomic E-state index is 12.3. The third-order valence-corrected chi connectivity index (χ3v) is 5.89. The van der Waals surface area contributed by atoms with Crippen LogP contribution in [0.15, 0.2) is 13.6 Å². The summed E-state index contributed by atoms with van der Waals surface area (Å²) in [6.07, 6.45) is 5.11. The van der Waals surface area contributed by atoms with Crippen molar-refractivity contribution in [3.8, 4) is 0 Å². The molecule has 1 aliphatic rings. The summed E-state index contributed by atoms with van der Waals surface area (Å²) in [5.74, 6) is 0.220. The number of nitrogens with zero attached hydrogens (tertiary/aromatic N) is 1. The van der Waals surface area contributed by atoms with Crippen molar-refractivity contribution in [2.45, 2.75) is 38.6 Å². The van der Waals surface area contributed by atoms with Gasteiger partial charge in [-0.1, -0.05) is 19.8 Å². The summed E-state index contributed by atoms with van der Waals surface area (Å²) in [6.45, 7) is 3.65. The molecule has 1 saturated carbocycles. The van der Waals surface area contributed by atoms with Gasteiger partial charge in [-0.3, -0.25) is 9.69 Å². The van der Waals surface area contributed by atoms with Crippen LogP contribution in [-0.2, 0) is 0 Å². The van der Waals surface area contributed by atoms with Gasteiger partial charge in [0.25, 0.3) is 0 Å². The van der Waals surface area contributed by atoms with Crippen LogP contribution in [-0.4, -0.2) is 29.8 Å². The second kappa shape index (κ2) is 6.64. The summed E-state index contributed by atoms with van der Waals surface area (Å²) in [7, 11) is 0. The van der Waals surface area contributed by atoms with Crippen molar-refractivity contribution in [1.82, 2.24) is 4.90 Å². The van der Waals surface area contributed by atoms with E-state index in [0.29, 0.717) is 12.6 Å². The molecule has 0 amide bonds. The largest absolute Gasteiger partial charge is 0.293 e. The third-order valence-electron chi connectivity index (χ3n) is 3.55. The molecule has 100 valence electrons. The van der Waals surface area contributed by atoms with E-state index in [1.165, 1.54) is 25.7 Å². The first-order valence-corrected chi connectivity index (χ1v) is 8.74.